The van der Waals surface area contributed by atoms with Gasteiger partial charge in [0.25, 0.3) is 5.91 Å². The molecule has 20 heteroatoms. The summed E-state index contributed by atoms with van der Waals surface area (Å²) in [4.78, 5) is 47.7. The molecular formula is C75H146N16O4. The van der Waals surface area contributed by atoms with Crippen molar-refractivity contribution in [2.24, 2.45) is 17.6 Å². The Labute approximate surface area is 581 Å². The normalized spacial score (nSPS) is 28.1. The summed E-state index contributed by atoms with van der Waals surface area (Å²) in [7, 11) is 27.7. The Bertz CT molecular complexity index is 2140. The number of carbonyl (C=O) groups excluding carboxylic acids is 2. The van der Waals surface area contributed by atoms with Gasteiger partial charge in [-0.05, 0) is 264 Å². The number of likely N-dealkylation sites (N-methyl/N-ethyl adjacent to an activating group) is 9. The maximum absolute atomic E-state index is 11.8. The van der Waals surface area contributed by atoms with Crippen LogP contribution in [0.4, 0.5) is 0 Å². The topological polar surface area (TPSA) is 184 Å². The molecule has 95 heavy (non-hydrogen) atoms. The van der Waals surface area contributed by atoms with Crippen LogP contribution in [-0.4, -0.2) is 347 Å². The number of aliphatic hydroxyl groups is 2. The number of amides is 2. The van der Waals surface area contributed by atoms with Gasteiger partial charge in [0.05, 0.1) is 12.2 Å². The number of piperidine rings is 4. The van der Waals surface area contributed by atoms with Gasteiger partial charge in [0.15, 0.2) is 0 Å². The number of hydrogen-bond donors (Lipinski definition) is 7. The highest BCUT2D eigenvalue weighted by Crippen LogP contribution is 2.19. The highest BCUT2D eigenvalue weighted by atomic mass is 16.3. The van der Waals surface area contributed by atoms with Crippen molar-refractivity contribution >= 4 is 11.8 Å². The van der Waals surface area contributed by atoms with Gasteiger partial charge in [0.2, 0.25) is 5.91 Å². The summed E-state index contributed by atoms with van der Waals surface area (Å²) in [5.41, 5.74) is 7.70. The molecule has 0 saturated carbocycles. The first kappa shape index (κ1) is 86.0. The SMILES string of the molecule is CC(=O)NC1CCN(C)C1.CC1CC(C)CN(C)C1.CN1CCC(N(C)C)C1.CN1CCC(N)C1.CN1CCC(NC(=O)c2ccccc2)C1.CN1CCC(NCc2ccccc2)C1.CN1CCC(O)CC1.CN1CCCC(O)C1.CN1CCCCC1.CNC1CCN(C)C1. The Balaban J connectivity index is 0.000000278. The molecule has 10 aliphatic heterocycles. The maximum Gasteiger partial charge on any atom is 0.251 e. The van der Waals surface area contributed by atoms with Gasteiger partial charge < -0.3 is 91.1 Å². The number of nitrogens with one attached hydrogen (secondary N) is 4. The van der Waals surface area contributed by atoms with Crippen molar-refractivity contribution in [1.82, 2.24) is 75.2 Å². The fourth-order valence-corrected chi connectivity index (χ4v) is 13.8. The zero-order valence-electron chi connectivity index (χ0n) is 63.5. The minimum atomic E-state index is -0.0613. The Kier molecular flexibility index (Phi) is 45.4. The molecule has 0 radical (unpaired) electrons. The van der Waals surface area contributed by atoms with Gasteiger partial charge in [0.1, 0.15) is 0 Å². The van der Waals surface area contributed by atoms with Gasteiger partial charge in [0, 0.05) is 127 Å². The second-order valence-electron chi connectivity index (χ2n) is 30.3. The first-order valence-electron chi connectivity index (χ1n) is 37.0. The van der Waals surface area contributed by atoms with Crippen LogP contribution in [0.1, 0.15) is 127 Å². The molecule has 0 bridgehead atoms. The zero-order valence-corrected chi connectivity index (χ0v) is 63.5. The molecule has 0 aromatic heterocycles. The minimum Gasteiger partial charge on any atom is -0.393 e. The van der Waals surface area contributed by atoms with E-state index in [1.165, 1.54) is 129 Å². The molecule has 10 aliphatic rings. The fourth-order valence-electron chi connectivity index (χ4n) is 13.8. The van der Waals surface area contributed by atoms with Crippen molar-refractivity contribution in [2.45, 2.75) is 166 Å². The van der Waals surface area contributed by atoms with Crippen LogP contribution in [0.15, 0.2) is 60.7 Å². The summed E-state index contributed by atoms with van der Waals surface area (Å²) in [6.45, 7) is 30.4. The van der Waals surface area contributed by atoms with Crippen molar-refractivity contribution < 1.29 is 19.8 Å². The van der Waals surface area contributed by atoms with Crippen LogP contribution >= 0.6 is 0 Å². The molecule has 2 aromatic rings. The van der Waals surface area contributed by atoms with Crippen LogP contribution < -0.4 is 27.0 Å². The van der Waals surface area contributed by atoms with Gasteiger partial charge in [-0.2, -0.15) is 0 Å². The first-order valence-corrected chi connectivity index (χ1v) is 37.0. The van der Waals surface area contributed by atoms with E-state index in [9.17, 15) is 9.59 Å². The third-order valence-electron chi connectivity index (χ3n) is 19.6. The van der Waals surface area contributed by atoms with E-state index in [2.05, 4.69) is 197 Å². The molecular weight excluding hydrogens is 1190 g/mol. The Morgan fingerprint density at radius 1 is 0.453 bits per heavy atom. The summed E-state index contributed by atoms with van der Waals surface area (Å²) in [6, 6.07) is 23.3. The number of aliphatic hydroxyl groups excluding tert-OH is 2. The molecule has 10 fully saturated rings. The standard InChI is InChI=1S/C12H16N2O.C12H18N2.C8H17N.C7H14N2O.C7H16N2.C6H14N2.2C6H13NO.C6H13N.C5H12N2/c1-14-8-7-11(9-14)13-12(15)10-5-3-2-4-6-10;1-14-8-7-12(10-14)13-9-11-5-3-2-4-6-11;1-7-4-8(2)6-9(3)5-7;1-6(10)8-7-3-4-9(2)5-7;1-8(2)7-4-5-9(3)6-7;1-7-6-3-4-8(2)5-6;1-7-4-2-6(8)3-5-7;1-7-4-2-3-6(8)5-7;1-7-5-3-2-4-6-7;1-7-3-2-5(6)4-7/h2-6,11H,7-9H2,1H3,(H,13,15);2-6,12-13H,7-10H2,1H3;7-8H,4-6H2,1-3H3;7H,3-5H2,1-2H3,(H,8,10);7H,4-6H2,1-3H3;6-7H,3-5H2,1-2H3;2*6,8H,2-5H2,1H3;2-6H2,1H3;5H,2-4,6H2,1H3. The van der Waals surface area contributed by atoms with E-state index < -0.39 is 0 Å². The van der Waals surface area contributed by atoms with Crippen LogP contribution in [-0.2, 0) is 11.3 Å². The highest BCUT2D eigenvalue weighted by molar-refractivity contribution is 5.94. The molecule has 12 rings (SSSR count). The fraction of sp³-hybridized carbons (Fsp3) is 0.813. The van der Waals surface area contributed by atoms with Gasteiger partial charge in [-0.1, -0.05) is 68.8 Å². The lowest BCUT2D eigenvalue weighted by atomic mass is 9.92. The van der Waals surface area contributed by atoms with Crippen molar-refractivity contribution in [3.63, 3.8) is 0 Å². The van der Waals surface area contributed by atoms with E-state index in [-0.39, 0.29) is 24.0 Å². The monoisotopic (exact) mass is 1340 g/mol. The lowest BCUT2D eigenvalue weighted by Crippen LogP contribution is -2.36. The summed E-state index contributed by atoms with van der Waals surface area (Å²) in [5.74, 6) is 1.95. The van der Waals surface area contributed by atoms with E-state index in [4.69, 9.17) is 15.9 Å². The second kappa shape index (κ2) is 50.1. The van der Waals surface area contributed by atoms with E-state index in [0.29, 0.717) is 24.2 Å². The van der Waals surface area contributed by atoms with Crippen LogP contribution in [0.2, 0.25) is 0 Å². The van der Waals surface area contributed by atoms with Crippen molar-refractivity contribution in [1.29, 1.82) is 0 Å². The predicted octanol–water partition coefficient (Wildman–Crippen LogP) is 5.08. The average molecular weight is 1340 g/mol. The van der Waals surface area contributed by atoms with Gasteiger partial charge in [-0.15, -0.1) is 0 Å². The molecule has 20 nitrogen and oxygen atoms in total. The molecule has 9 atom stereocenters. The van der Waals surface area contributed by atoms with Crippen molar-refractivity contribution in [2.75, 3.05) is 223 Å². The van der Waals surface area contributed by atoms with Crippen molar-refractivity contribution in [3.8, 4) is 0 Å². The predicted molar refractivity (Wildman–Crippen MR) is 401 cm³/mol. The number of carbonyl (C=O) groups is 2. The Hall–Kier alpha value is -3.26. The third-order valence-corrected chi connectivity index (χ3v) is 19.6. The smallest absolute Gasteiger partial charge is 0.251 e. The highest BCUT2D eigenvalue weighted by Gasteiger charge is 2.24. The quantitative estimate of drug-likeness (QED) is 0.186. The van der Waals surface area contributed by atoms with Gasteiger partial charge >= 0.3 is 0 Å². The van der Waals surface area contributed by atoms with Crippen LogP contribution in [0.5, 0.6) is 0 Å². The van der Waals surface area contributed by atoms with Gasteiger partial charge in [-0.25, -0.2) is 0 Å². The molecule has 2 amide bonds. The summed E-state index contributed by atoms with van der Waals surface area (Å²) in [6.07, 6.45) is 16.9. The number of nitrogens with zero attached hydrogens (tertiary/aromatic N) is 11. The van der Waals surface area contributed by atoms with Crippen LogP contribution in [0, 0.1) is 11.8 Å². The summed E-state index contributed by atoms with van der Waals surface area (Å²) >= 11 is 0. The Morgan fingerprint density at radius 2 is 0.884 bits per heavy atom. The van der Waals surface area contributed by atoms with E-state index in [1.807, 2.05) is 44.4 Å². The number of rotatable bonds is 8. The molecule has 0 spiro atoms. The summed E-state index contributed by atoms with van der Waals surface area (Å²) < 4.78 is 0. The number of hydrogen-bond acceptors (Lipinski definition) is 18. The number of nitrogens with two attached hydrogens (primary N) is 1. The van der Waals surface area contributed by atoms with E-state index in [1.54, 1.807) is 6.92 Å². The molecule has 10 saturated heterocycles. The molecule has 10 heterocycles. The molecule has 0 aliphatic carbocycles. The lowest BCUT2D eigenvalue weighted by molar-refractivity contribution is -0.119. The lowest BCUT2D eigenvalue weighted by Gasteiger charge is -2.31. The maximum atomic E-state index is 11.8. The second-order valence-corrected chi connectivity index (χ2v) is 30.3. The number of likely N-dealkylation sites (tertiary alicyclic amines) is 10. The van der Waals surface area contributed by atoms with Gasteiger partial charge in [-0.3, -0.25) is 9.59 Å². The molecule has 9 unspecified atom stereocenters. The Morgan fingerprint density at radius 3 is 1.23 bits per heavy atom. The van der Waals surface area contributed by atoms with Crippen LogP contribution in [0.25, 0.3) is 0 Å². The largest absolute Gasteiger partial charge is 0.393 e. The molecule has 8 N–H and O–H groups in total. The first-order chi connectivity index (χ1) is 45.2. The van der Waals surface area contributed by atoms with Crippen LogP contribution in [0.3, 0.4) is 0 Å². The average Bonchev–Trinajstić information content (AvgIpc) is 2.92. The molecule has 2 aromatic carbocycles. The number of β-amino-alcohol motifs (C(OH)–C–C–N with tert-alkyl or cyclic N) is 1. The molecule has 550 valence electrons. The number of benzene rings is 2. The van der Waals surface area contributed by atoms with Crippen molar-refractivity contribution in [3.05, 3.63) is 71.8 Å². The summed E-state index contributed by atoms with van der Waals surface area (Å²) in [5, 5.41) is 30.8. The minimum absolute atomic E-state index is 0.0220. The van der Waals surface area contributed by atoms with E-state index in [0.717, 1.165) is 133 Å². The van der Waals surface area contributed by atoms with E-state index >= 15 is 0 Å². The zero-order chi connectivity index (χ0) is 70.1. The third kappa shape index (κ3) is 42.5.